The van der Waals surface area contributed by atoms with Crippen LogP contribution in [0.3, 0.4) is 0 Å². The number of piperidine rings is 2. The Balaban J connectivity index is 1.03. The molecule has 4 heterocycles. The standard InChI is InChI=1S/C31H32ClF2N5O5/c32-21-6-4-20(5-7-21)31(33,34)30(44)38-16-14-36(15-17-38)18-19-10-12-37(13-11-19)23-3-1-2-22-26(23)29(43)39(28(22)42)24-8-9-25(40)35-27(24)41/h1-7,19,24H,8-18H2,(H,35,40,41). The van der Waals surface area contributed by atoms with E-state index in [0.717, 1.165) is 24.3 Å². The first-order valence-corrected chi connectivity index (χ1v) is 15.2. The molecule has 1 N–H and O–H groups in total. The Bertz CT molecular complexity index is 1500. The van der Waals surface area contributed by atoms with E-state index < -0.39 is 41.5 Å². The number of anilines is 1. The van der Waals surface area contributed by atoms with Gasteiger partial charge < -0.3 is 9.80 Å². The van der Waals surface area contributed by atoms with E-state index in [0.29, 0.717) is 42.8 Å². The fraction of sp³-hybridized carbons (Fsp3) is 0.452. The number of nitrogens with one attached hydrogen (secondary N) is 1. The summed E-state index contributed by atoms with van der Waals surface area (Å²) in [5.74, 6) is -6.59. The number of benzene rings is 2. The molecular formula is C31H32ClF2N5O5. The molecule has 44 heavy (non-hydrogen) atoms. The molecule has 13 heteroatoms. The van der Waals surface area contributed by atoms with Gasteiger partial charge in [-0.15, -0.1) is 0 Å². The number of amides is 5. The lowest BCUT2D eigenvalue weighted by molar-refractivity contribution is -0.161. The Morgan fingerprint density at radius 1 is 0.886 bits per heavy atom. The molecule has 0 bridgehead atoms. The van der Waals surface area contributed by atoms with Crippen LogP contribution < -0.4 is 10.2 Å². The highest BCUT2D eigenvalue weighted by Crippen LogP contribution is 2.36. The lowest BCUT2D eigenvalue weighted by atomic mass is 9.94. The number of alkyl halides is 2. The van der Waals surface area contributed by atoms with Gasteiger partial charge in [0.25, 0.3) is 17.7 Å². The molecule has 0 radical (unpaired) electrons. The molecule has 0 spiro atoms. The van der Waals surface area contributed by atoms with E-state index >= 15 is 0 Å². The highest BCUT2D eigenvalue weighted by Gasteiger charge is 2.47. The summed E-state index contributed by atoms with van der Waals surface area (Å²) in [4.78, 5) is 69.9. The normalized spacial score (nSPS) is 22.0. The van der Waals surface area contributed by atoms with Gasteiger partial charge >= 0.3 is 5.92 Å². The van der Waals surface area contributed by atoms with Crippen molar-refractivity contribution in [1.82, 2.24) is 20.0 Å². The van der Waals surface area contributed by atoms with Crippen LogP contribution in [0.25, 0.3) is 0 Å². The van der Waals surface area contributed by atoms with Crippen molar-refractivity contribution in [2.45, 2.75) is 37.6 Å². The average Bonchev–Trinajstić information content (AvgIpc) is 3.27. The molecule has 3 fully saturated rings. The third kappa shape index (κ3) is 5.56. The zero-order valence-electron chi connectivity index (χ0n) is 23.9. The number of rotatable bonds is 6. The first-order valence-electron chi connectivity index (χ1n) is 14.8. The molecule has 2 aromatic rings. The Morgan fingerprint density at radius 2 is 1.57 bits per heavy atom. The van der Waals surface area contributed by atoms with Crippen LogP contribution in [-0.4, -0.2) is 96.1 Å². The monoisotopic (exact) mass is 627 g/mol. The Kier molecular flexibility index (Phi) is 8.14. The van der Waals surface area contributed by atoms with Gasteiger partial charge in [-0.1, -0.05) is 29.8 Å². The molecule has 0 saturated carbocycles. The van der Waals surface area contributed by atoms with Crippen LogP contribution >= 0.6 is 11.6 Å². The minimum atomic E-state index is -3.62. The predicted molar refractivity (Wildman–Crippen MR) is 156 cm³/mol. The molecule has 1 atom stereocenters. The van der Waals surface area contributed by atoms with E-state index in [-0.39, 0.29) is 42.6 Å². The van der Waals surface area contributed by atoms with Crippen molar-refractivity contribution < 1.29 is 32.8 Å². The first kappa shape index (κ1) is 30.1. The lowest BCUT2D eigenvalue weighted by Crippen LogP contribution is -2.54. The number of imide groups is 2. The van der Waals surface area contributed by atoms with Gasteiger partial charge in [-0.2, -0.15) is 8.78 Å². The van der Waals surface area contributed by atoms with Gasteiger partial charge in [-0.25, -0.2) is 0 Å². The average molecular weight is 628 g/mol. The van der Waals surface area contributed by atoms with Crippen molar-refractivity contribution in [2.75, 3.05) is 50.7 Å². The summed E-state index contributed by atoms with van der Waals surface area (Å²) in [5, 5.41) is 2.54. The van der Waals surface area contributed by atoms with E-state index in [2.05, 4.69) is 15.1 Å². The Hall–Kier alpha value is -3.90. The van der Waals surface area contributed by atoms with Crippen LogP contribution in [0.2, 0.25) is 5.02 Å². The second-order valence-corrected chi connectivity index (χ2v) is 12.2. The number of carbonyl (C=O) groups excluding carboxylic acids is 5. The van der Waals surface area contributed by atoms with Crippen LogP contribution in [0.15, 0.2) is 42.5 Å². The van der Waals surface area contributed by atoms with Gasteiger partial charge in [0.1, 0.15) is 6.04 Å². The van der Waals surface area contributed by atoms with Crippen molar-refractivity contribution in [3.63, 3.8) is 0 Å². The summed E-state index contributed by atoms with van der Waals surface area (Å²) < 4.78 is 29.7. The molecule has 6 rings (SSSR count). The van der Waals surface area contributed by atoms with Crippen molar-refractivity contribution >= 4 is 46.8 Å². The number of halogens is 3. The molecule has 2 aromatic carbocycles. The van der Waals surface area contributed by atoms with E-state index in [4.69, 9.17) is 11.6 Å². The molecule has 232 valence electrons. The van der Waals surface area contributed by atoms with Crippen molar-refractivity contribution in [2.24, 2.45) is 5.92 Å². The summed E-state index contributed by atoms with van der Waals surface area (Å²) in [7, 11) is 0. The molecule has 5 amide bonds. The minimum absolute atomic E-state index is 0.0609. The number of fused-ring (bicyclic) bond motifs is 1. The van der Waals surface area contributed by atoms with E-state index in [1.165, 1.54) is 29.2 Å². The lowest BCUT2D eigenvalue weighted by Gasteiger charge is -2.40. The number of nitrogens with zero attached hydrogens (tertiary/aromatic N) is 4. The number of hydrogen-bond acceptors (Lipinski definition) is 7. The Labute approximate surface area is 257 Å². The summed E-state index contributed by atoms with van der Waals surface area (Å²) in [6, 6.07) is 9.17. The van der Waals surface area contributed by atoms with Crippen LogP contribution in [0.5, 0.6) is 0 Å². The quantitative estimate of drug-likeness (QED) is 0.491. The minimum Gasteiger partial charge on any atom is -0.371 e. The van der Waals surface area contributed by atoms with Crippen LogP contribution in [0.4, 0.5) is 14.5 Å². The smallest absolute Gasteiger partial charge is 0.349 e. The number of carbonyl (C=O) groups is 5. The molecule has 0 aliphatic carbocycles. The third-order valence-corrected chi connectivity index (χ3v) is 9.30. The summed E-state index contributed by atoms with van der Waals surface area (Å²) in [6.45, 7) is 3.54. The molecular weight excluding hydrogens is 596 g/mol. The topological polar surface area (TPSA) is 110 Å². The van der Waals surface area contributed by atoms with Crippen LogP contribution in [0, 0.1) is 5.92 Å². The van der Waals surface area contributed by atoms with Crippen molar-refractivity contribution in [3.8, 4) is 0 Å². The van der Waals surface area contributed by atoms with E-state index in [9.17, 15) is 32.8 Å². The van der Waals surface area contributed by atoms with Gasteiger partial charge in [0.15, 0.2) is 0 Å². The zero-order valence-corrected chi connectivity index (χ0v) is 24.7. The predicted octanol–water partition coefficient (Wildman–Crippen LogP) is 2.89. The summed E-state index contributed by atoms with van der Waals surface area (Å²) in [6.07, 6.45) is 1.82. The second kappa shape index (κ2) is 11.9. The first-order chi connectivity index (χ1) is 21.0. The molecule has 3 saturated heterocycles. The zero-order chi connectivity index (χ0) is 31.2. The van der Waals surface area contributed by atoms with E-state index in [1.54, 1.807) is 12.1 Å². The maximum absolute atomic E-state index is 14.9. The fourth-order valence-corrected chi connectivity index (χ4v) is 6.72. The third-order valence-electron chi connectivity index (χ3n) is 9.05. The molecule has 10 nitrogen and oxygen atoms in total. The second-order valence-electron chi connectivity index (χ2n) is 11.8. The molecule has 0 aromatic heterocycles. The largest absolute Gasteiger partial charge is 0.371 e. The van der Waals surface area contributed by atoms with Gasteiger partial charge in [0, 0.05) is 62.8 Å². The van der Waals surface area contributed by atoms with E-state index in [1.807, 2.05) is 6.07 Å². The summed E-state index contributed by atoms with van der Waals surface area (Å²) >= 11 is 5.80. The summed E-state index contributed by atoms with van der Waals surface area (Å²) in [5.41, 5.74) is 0.827. The van der Waals surface area contributed by atoms with Gasteiger partial charge in [-0.3, -0.25) is 39.1 Å². The van der Waals surface area contributed by atoms with Gasteiger partial charge in [0.2, 0.25) is 11.8 Å². The van der Waals surface area contributed by atoms with Crippen LogP contribution in [0.1, 0.15) is 52.0 Å². The highest BCUT2D eigenvalue weighted by atomic mass is 35.5. The molecule has 4 aliphatic rings. The van der Waals surface area contributed by atoms with Crippen LogP contribution in [-0.2, 0) is 20.3 Å². The SMILES string of the molecule is O=C1CCC(N2C(=O)c3cccc(N4CCC(CN5CCN(C(=O)C(F)(F)c6ccc(Cl)cc6)CC5)CC4)c3C2=O)C(=O)N1. The molecule has 4 aliphatic heterocycles. The Morgan fingerprint density at radius 3 is 2.23 bits per heavy atom. The highest BCUT2D eigenvalue weighted by molar-refractivity contribution is 6.30. The molecule has 1 unspecified atom stereocenters. The fourth-order valence-electron chi connectivity index (χ4n) is 6.60. The van der Waals surface area contributed by atoms with Gasteiger partial charge in [0.05, 0.1) is 16.8 Å². The number of piperazine rings is 1. The maximum atomic E-state index is 14.9. The van der Waals surface area contributed by atoms with Crippen molar-refractivity contribution in [1.29, 1.82) is 0 Å². The van der Waals surface area contributed by atoms with Gasteiger partial charge in [-0.05, 0) is 49.4 Å². The number of hydrogen-bond donors (Lipinski definition) is 1. The maximum Gasteiger partial charge on any atom is 0.349 e. The van der Waals surface area contributed by atoms with Crippen molar-refractivity contribution in [3.05, 3.63) is 64.2 Å².